The molecule has 0 unspecified atom stereocenters. The molecular weight excluding hydrogens is 500 g/mol. The highest BCUT2D eigenvalue weighted by Crippen LogP contribution is 2.19. The van der Waals surface area contributed by atoms with Crippen molar-refractivity contribution in [1.29, 1.82) is 0 Å². The van der Waals surface area contributed by atoms with E-state index in [0.29, 0.717) is 19.1 Å². The van der Waals surface area contributed by atoms with Crippen molar-refractivity contribution in [2.45, 2.75) is 90.0 Å². The molecule has 0 bridgehead atoms. The second-order valence-corrected chi connectivity index (χ2v) is 9.91. The first-order valence-electron chi connectivity index (χ1n) is 12.7. The van der Waals surface area contributed by atoms with Gasteiger partial charge in [-0.15, -0.1) is 0 Å². The van der Waals surface area contributed by atoms with Crippen LogP contribution in [0.15, 0.2) is 0 Å². The van der Waals surface area contributed by atoms with Gasteiger partial charge < -0.3 is 42.2 Å². The van der Waals surface area contributed by atoms with E-state index in [1.54, 1.807) is 27.7 Å². The maximum Gasteiger partial charge on any atom is 0.305 e. The molecule has 0 aromatic carbocycles. The highest BCUT2D eigenvalue weighted by molar-refractivity contribution is 5.97. The lowest BCUT2D eigenvalue weighted by Crippen LogP contribution is -2.59. The van der Waals surface area contributed by atoms with Crippen molar-refractivity contribution in [2.24, 2.45) is 23.3 Å². The summed E-state index contributed by atoms with van der Waals surface area (Å²) < 4.78 is 0. The largest absolute Gasteiger partial charge is 0.481 e. The summed E-state index contributed by atoms with van der Waals surface area (Å²) in [5, 5.41) is 16.8. The second kappa shape index (κ2) is 15.0. The van der Waals surface area contributed by atoms with Crippen LogP contribution in [-0.2, 0) is 33.6 Å². The molecule has 14 nitrogen and oxygen atoms in total. The van der Waals surface area contributed by atoms with Crippen LogP contribution >= 0.6 is 0 Å². The maximum atomic E-state index is 13.1. The zero-order valence-corrected chi connectivity index (χ0v) is 22.3. The van der Waals surface area contributed by atoms with Crippen LogP contribution in [0.1, 0.15) is 59.8 Å². The molecule has 8 N–H and O–H groups in total. The van der Waals surface area contributed by atoms with Crippen LogP contribution < -0.4 is 27.4 Å². The molecule has 1 rings (SSSR count). The van der Waals surface area contributed by atoms with Crippen LogP contribution in [0.3, 0.4) is 0 Å². The predicted octanol–water partition coefficient (Wildman–Crippen LogP) is -1.99. The number of carbonyl (C=O) groups excluding carboxylic acids is 6. The number of nitrogens with one attached hydrogen (secondary N) is 3. The summed E-state index contributed by atoms with van der Waals surface area (Å²) in [6, 6.07) is -5.71. The van der Waals surface area contributed by atoms with Crippen molar-refractivity contribution in [1.82, 2.24) is 20.9 Å². The van der Waals surface area contributed by atoms with Gasteiger partial charge in [0.25, 0.3) is 0 Å². The fourth-order valence-corrected chi connectivity index (χ4v) is 4.04. The molecule has 0 saturated carbocycles. The summed E-state index contributed by atoms with van der Waals surface area (Å²) in [4.78, 5) is 86.8. The quantitative estimate of drug-likeness (QED) is 0.126. The van der Waals surface area contributed by atoms with Crippen molar-refractivity contribution < 1.29 is 38.7 Å². The average Bonchev–Trinajstić information content (AvgIpc) is 3.33. The highest BCUT2D eigenvalue weighted by atomic mass is 16.4. The Bertz CT molecular complexity index is 910. The van der Waals surface area contributed by atoms with Crippen LogP contribution in [0.2, 0.25) is 0 Å². The normalized spacial score (nSPS) is 19.0. The molecule has 1 aliphatic heterocycles. The van der Waals surface area contributed by atoms with Gasteiger partial charge in [0.1, 0.15) is 24.4 Å². The topological polar surface area (TPSA) is 231 Å². The van der Waals surface area contributed by atoms with Crippen LogP contribution in [0.5, 0.6) is 0 Å². The molecule has 0 radical (unpaired) electrons. The Hall–Kier alpha value is -3.55. The lowest BCUT2D eigenvalue weighted by Gasteiger charge is -2.29. The summed E-state index contributed by atoms with van der Waals surface area (Å²) in [6.45, 7) is 7.17. The summed E-state index contributed by atoms with van der Waals surface area (Å²) in [6.07, 6.45) is 0.573. The monoisotopic (exact) mass is 540 g/mol. The number of nitrogens with two attached hydrogens (primary N) is 2. The van der Waals surface area contributed by atoms with E-state index in [1.165, 1.54) is 4.90 Å². The molecule has 0 aromatic rings. The Balaban J connectivity index is 3.06. The SMILES string of the molecule is CC[C@H](C)[C@H](NC(=O)[C@H](CC(=O)O)NC(=O)[C@@H]1CCCN1C(=O)[C@@H](N)CC(N)=O)C(=O)N[C@H](C=O)C(C)C. The Kier molecular flexibility index (Phi) is 12.8. The van der Waals surface area contributed by atoms with Crippen molar-refractivity contribution in [3.05, 3.63) is 0 Å². The Morgan fingerprint density at radius 2 is 1.66 bits per heavy atom. The number of carbonyl (C=O) groups is 7. The number of primary amides is 1. The lowest BCUT2D eigenvalue weighted by molar-refractivity contribution is -0.143. The minimum absolute atomic E-state index is 0.184. The molecule has 6 atom stereocenters. The minimum atomic E-state index is -1.55. The lowest BCUT2D eigenvalue weighted by atomic mass is 9.96. The number of likely N-dealkylation sites (tertiary alicyclic amines) is 1. The molecule has 1 heterocycles. The van der Waals surface area contributed by atoms with Crippen molar-refractivity contribution in [3.8, 4) is 0 Å². The summed E-state index contributed by atoms with van der Waals surface area (Å²) in [7, 11) is 0. The fourth-order valence-electron chi connectivity index (χ4n) is 4.04. The van der Waals surface area contributed by atoms with E-state index in [2.05, 4.69) is 16.0 Å². The first-order valence-corrected chi connectivity index (χ1v) is 12.7. The van der Waals surface area contributed by atoms with E-state index >= 15 is 0 Å². The number of nitrogens with zero attached hydrogens (tertiary/aromatic N) is 1. The standard InChI is InChI=1S/C24H40N6O8/c1-5-13(4)20(23(37)28-16(11-31)12(2)3)29-21(35)15(10-19(33)34)27-22(36)17-7-6-8-30(17)24(38)14(25)9-18(26)32/h11-17,20H,5-10,25H2,1-4H3,(H2,26,32)(H,27,36)(H,28,37)(H,29,35)(H,33,34)/t13-,14-,15-,16+,17-,20-/m0/s1. The van der Waals surface area contributed by atoms with E-state index in [1.807, 2.05) is 0 Å². The predicted molar refractivity (Wildman–Crippen MR) is 135 cm³/mol. The van der Waals surface area contributed by atoms with Gasteiger partial charge in [-0.2, -0.15) is 0 Å². The van der Waals surface area contributed by atoms with E-state index in [4.69, 9.17) is 11.5 Å². The molecule has 1 fully saturated rings. The van der Waals surface area contributed by atoms with Crippen LogP contribution in [0.4, 0.5) is 0 Å². The third kappa shape index (κ3) is 9.39. The molecule has 14 heteroatoms. The van der Waals surface area contributed by atoms with E-state index in [0.717, 1.165) is 0 Å². The Morgan fingerprint density at radius 3 is 2.16 bits per heavy atom. The van der Waals surface area contributed by atoms with Gasteiger partial charge in [0, 0.05) is 6.54 Å². The molecule has 214 valence electrons. The number of carboxylic acid groups (broad SMARTS) is 1. The average molecular weight is 541 g/mol. The van der Waals surface area contributed by atoms with Crippen molar-refractivity contribution in [3.63, 3.8) is 0 Å². The van der Waals surface area contributed by atoms with Gasteiger partial charge in [-0.05, 0) is 24.7 Å². The molecule has 1 saturated heterocycles. The summed E-state index contributed by atoms with van der Waals surface area (Å²) >= 11 is 0. The third-order valence-electron chi connectivity index (χ3n) is 6.56. The van der Waals surface area contributed by atoms with E-state index in [9.17, 15) is 38.7 Å². The number of carboxylic acids is 1. The van der Waals surface area contributed by atoms with Gasteiger partial charge in [-0.3, -0.25) is 28.8 Å². The minimum Gasteiger partial charge on any atom is -0.481 e. The highest BCUT2D eigenvalue weighted by Gasteiger charge is 2.39. The van der Waals surface area contributed by atoms with Gasteiger partial charge in [-0.1, -0.05) is 34.1 Å². The molecule has 1 aliphatic rings. The Labute approximate surface area is 221 Å². The van der Waals surface area contributed by atoms with Crippen molar-refractivity contribution >= 4 is 41.8 Å². The van der Waals surface area contributed by atoms with Crippen LogP contribution in [0.25, 0.3) is 0 Å². The van der Waals surface area contributed by atoms with Gasteiger partial charge in [0.05, 0.1) is 24.9 Å². The molecule has 0 spiro atoms. The molecule has 0 aromatic heterocycles. The maximum absolute atomic E-state index is 13.1. The molecule has 5 amide bonds. The number of hydrogen-bond donors (Lipinski definition) is 6. The Morgan fingerprint density at radius 1 is 1.03 bits per heavy atom. The second-order valence-electron chi connectivity index (χ2n) is 9.91. The molecule has 0 aliphatic carbocycles. The van der Waals surface area contributed by atoms with Gasteiger partial charge >= 0.3 is 5.97 Å². The number of aliphatic carboxylic acids is 1. The van der Waals surface area contributed by atoms with Gasteiger partial charge in [0.2, 0.25) is 29.5 Å². The van der Waals surface area contributed by atoms with Crippen molar-refractivity contribution in [2.75, 3.05) is 6.54 Å². The summed E-state index contributed by atoms with van der Waals surface area (Å²) in [5.74, 6) is -5.69. The number of rotatable bonds is 15. The first-order chi connectivity index (χ1) is 17.7. The smallest absolute Gasteiger partial charge is 0.305 e. The van der Waals surface area contributed by atoms with E-state index in [-0.39, 0.29) is 24.8 Å². The van der Waals surface area contributed by atoms with Crippen LogP contribution in [0, 0.1) is 11.8 Å². The van der Waals surface area contributed by atoms with Gasteiger partial charge in [-0.25, -0.2) is 0 Å². The molecule has 38 heavy (non-hydrogen) atoms. The first kappa shape index (κ1) is 32.5. The zero-order chi connectivity index (χ0) is 29.2. The van der Waals surface area contributed by atoms with Gasteiger partial charge in [0.15, 0.2) is 0 Å². The number of amides is 5. The number of hydrogen-bond acceptors (Lipinski definition) is 8. The molecular formula is C24H40N6O8. The fraction of sp³-hybridized carbons (Fsp3) is 0.708. The van der Waals surface area contributed by atoms with E-state index < -0.39 is 78.6 Å². The third-order valence-corrected chi connectivity index (χ3v) is 6.56. The zero-order valence-electron chi connectivity index (χ0n) is 22.3. The van der Waals surface area contributed by atoms with Crippen LogP contribution in [-0.4, -0.2) is 88.6 Å². The number of aldehydes is 1. The summed E-state index contributed by atoms with van der Waals surface area (Å²) in [5.41, 5.74) is 10.8.